The molecule has 0 radical (unpaired) electrons. The second kappa shape index (κ2) is 8.60. The number of H-pyrrole nitrogens is 1. The Bertz CT molecular complexity index is 1030. The van der Waals surface area contributed by atoms with Crippen LogP contribution in [0.1, 0.15) is 49.8 Å². The van der Waals surface area contributed by atoms with Crippen LogP contribution in [0.2, 0.25) is 0 Å². The Kier molecular flexibility index (Phi) is 5.67. The third kappa shape index (κ3) is 4.06. The smallest absolute Gasteiger partial charge is 0.121 e. The van der Waals surface area contributed by atoms with Crippen LogP contribution in [-0.4, -0.2) is 64.0 Å². The quantitative estimate of drug-likeness (QED) is 0.679. The molecule has 164 valence electrons. The number of pyridine rings is 1. The Morgan fingerprint density at radius 3 is 2.77 bits per heavy atom. The number of aryl methyl sites for hydroxylation is 1. The molecule has 0 bridgehead atoms. The largest absolute Gasteiger partial charge is 0.367 e. The van der Waals surface area contributed by atoms with Crippen LogP contribution in [0.5, 0.6) is 0 Å². The van der Waals surface area contributed by atoms with E-state index in [1.54, 1.807) is 0 Å². The fourth-order valence-corrected chi connectivity index (χ4v) is 5.18. The molecule has 31 heavy (non-hydrogen) atoms. The second-order valence-corrected chi connectivity index (χ2v) is 9.37. The molecule has 0 amide bonds. The first-order valence-electron chi connectivity index (χ1n) is 11.7. The van der Waals surface area contributed by atoms with Crippen molar-refractivity contribution in [1.82, 2.24) is 24.8 Å². The van der Waals surface area contributed by atoms with Gasteiger partial charge in [0.2, 0.25) is 0 Å². The highest BCUT2D eigenvalue weighted by Gasteiger charge is 2.29. The number of imidazole rings is 1. The van der Waals surface area contributed by atoms with Gasteiger partial charge >= 0.3 is 0 Å². The number of rotatable bonds is 5. The summed E-state index contributed by atoms with van der Waals surface area (Å²) < 4.78 is 0. The molecule has 2 aliphatic rings. The Balaban J connectivity index is 1.43. The number of aromatic nitrogens is 3. The maximum atomic E-state index is 5.11. The van der Waals surface area contributed by atoms with E-state index in [1.165, 1.54) is 23.4 Å². The third-order valence-corrected chi connectivity index (χ3v) is 6.95. The molecular weight excluding hydrogens is 384 g/mol. The number of nitrogens with one attached hydrogen (secondary N) is 1. The SMILES string of the molecule is CC(C)N(Cc1nc2c(N3CCN(C)CC3)cccc2[nH]1)C1CCCc2cccnc21. The lowest BCUT2D eigenvalue weighted by molar-refractivity contribution is 0.122. The van der Waals surface area contributed by atoms with E-state index >= 15 is 0 Å². The van der Waals surface area contributed by atoms with Gasteiger partial charge in [0.05, 0.1) is 29.5 Å². The predicted molar refractivity (Wildman–Crippen MR) is 126 cm³/mol. The van der Waals surface area contributed by atoms with Gasteiger partial charge < -0.3 is 14.8 Å². The van der Waals surface area contributed by atoms with Gasteiger partial charge in [0.1, 0.15) is 11.3 Å². The molecule has 1 unspecified atom stereocenters. The molecule has 1 fully saturated rings. The molecule has 0 spiro atoms. The summed E-state index contributed by atoms with van der Waals surface area (Å²) in [5, 5.41) is 0. The minimum Gasteiger partial charge on any atom is -0.367 e. The Morgan fingerprint density at radius 2 is 1.97 bits per heavy atom. The average Bonchev–Trinajstić information content (AvgIpc) is 3.20. The van der Waals surface area contributed by atoms with Crippen molar-refractivity contribution in [3.8, 4) is 0 Å². The molecule has 3 aromatic rings. The summed E-state index contributed by atoms with van der Waals surface area (Å²) >= 11 is 0. The van der Waals surface area contributed by atoms with Gasteiger partial charge in [-0.05, 0) is 63.9 Å². The summed E-state index contributed by atoms with van der Waals surface area (Å²) in [5.74, 6) is 1.05. The van der Waals surface area contributed by atoms with Gasteiger partial charge in [0.25, 0.3) is 0 Å². The second-order valence-electron chi connectivity index (χ2n) is 9.37. The van der Waals surface area contributed by atoms with Gasteiger partial charge in [-0.1, -0.05) is 12.1 Å². The lowest BCUT2D eigenvalue weighted by atomic mass is 9.90. The standard InChI is InChI=1S/C25H34N6/c1-18(2)31(22-11-4-7-19-8-6-12-26-24(19)22)17-23-27-20-9-5-10-21(25(20)28-23)30-15-13-29(3)14-16-30/h5-6,8-10,12,18,22H,4,7,11,13-17H2,1-3H3,(H,27,28). The zero-order chi connectivity index (χ0) is 21.4. The van der Waals surface area contributed by atoms with Crippen molar-refractivity contribution in [2.45, 2.75) is 51.7 Å². The molecule has 2 aromatic heterocycles. The molecule has 1 aliphatic carbocycles. The Labute approximate surface area is 185 Å². The molecule has 3 heterocycles. The first-order chi connectivity index (χ1) is 15.1. The van der Waals surface area contributed by atoms with E-state index in [1.807, 2.05) is 6.20 Å². The predicted octanol–water partition coefficient (Wildman–Crippen LogP) is 4.00. The van der Waals surface area contributed by atoms with Crippen LogP contribution in [0.25, 0.3) is 11.0 Å². The van der Waals surface area contributed by atoms with Crippen LogP contribution >= 0.6 is 0 Å². The van der Waals surface area contributed by atoms with Crippen LogP contribution in [-0.2, 0) is 13.0 Å². The van der Waals surface area contributed by atoms with Crippen LogP contribution < -0.4 is 4.90 Å². The molecule has 1 saturated heterocycles. The number of nitrogens with zero attached hydrogens (tertiary/aromatic N) is 5. The minimum absolute atomic E-state index is 0.357. The lowest BCUT2D eigenvalue weighted by Gasteiger charge is -2.37. The molecule has 1 aromatic carbocycles. The van der Waals surface area contributed by atoms with Crippen LogP contribution in [0.4, 0.5) is 5.69 Å². The minimum atomic E-state index is 0.357. The van der Waals surface area contributed by atoms with Crippen LogP contribution in [0.3, 0.4) is 0 Å². The van der Waals surface area contributed by atoms with E-state index < -0.39 is 0 Å². The highest BCUT2D eigenvalue weighted by molar-refractivity contribution is 5.89. The number of fused-ring (bicyclic) bond motifs is 2. The third-order valence-electron chi connectivity index (χ3n) is 6.95. The number of hydrogen-bond acceptors (Lipinski definition) is 5. The van der Waals surface area contributed by atoms with Crippen molar-refractivity contribution in [2.75, 3.05) is 38.1 Å². The van der Waals surface area contributed by atoms with Crippen LogP contribution in [0, 0.1) is 0 Å². The van der Waals surface area contributed by atoms with Gasteiger partial charge in [-0.25, -0.2) is 4.98 Å². The van der Waals surface area contributed by atoms with Gasteiger partial charge in [-0.2, -0.15) is 0 Å². The number of hydrogen-bond donors (Lipinski definition) is 1. The van der Waals surface area contributed by atoms with Gasteiger partial charge in [-0.15, -0.1) is 0 Å². The molecule has 6 nitrogen and oxygen atoms in total. The number of piperazine rings is 1. The molecule has 6 heteroatoms. The fraction of sp³-hybridized carbons (Fsp3) is 0.520. The summed E-state index contributed by atoms with van der Waals surface area (Å²) in [5.41, 5.74) is 6.17. The first kappa shape index (κ1) is 20.5. The van der Waals surface area contributed by atoms with Crippen molar-refractivity contribution in [3.05, 3.63) is 53.6 Å². The molecule has 1 aliphatic heterocycles. The fourth-order valence-electron chi connectivity index (χ4n) is 5.18. The summed E-state index contributed by atoms with van der Waals surface area (Å²) in [4.78, 5) is 21.0. The number of aromatic amines is 1. The summed E-state index contributed by atoms with van der Waals surface area (Å²) in [6.45, 7) is 9.70. The van der Waals surface area contributed by atoms with Crippen molar-refractivity contribution in [3.63, 3.8) is 0 Å². The van der Waals surface area contributed by atoms with E-state index in [2.05, 4.69) is 70.9 Å². The van der Waals surface area contributed by atoms with E-state index in [9.17, 15) is 0 Å². The maximum Gasteiger partial charge on any atom is 0.121 e. The van der Waals surface area contributed by atoms with E-state index in [-0.39, 0.29) is 0 Å². The molecule has 0 saturated carbocycles. The lowest BCUT2D eigenvalue weighted by Crippen LogP contribution is -2.44. The first-order valence-corrected chi connectivity index (χ1v) is 11.7. The highest BCUT2D eigenvalue weighted by atomic mass is 15.3. The van der Waals surface area contributed by atoms with Crippen molar-refractivity contribution in [1.29, 1.82) is 0 Å². The summed E-state index contributed by atoms with van der Waals surface area (Å²) in [7, 11) is 2.20. The highest BCUT2D eigenvalue weighted by Crippen LogP contribution is 2.35. The topological polar surface area (TPSA) is 51.3 Å². The molecule has 1 N–H and O–H groups in total. The van der Waals surface area contributed by atoms with Crippen molar-refractivity contribution >= 4 is 16.7 Å². The summed E-state index contributed by atoms with van der Waals surface area (Å²) in [6, 6.07) is 11.6. The maximum absolute atomic E-state index is 5.11. The van der Waals surface area contributed by atoms with Gasteiger partial charge in [-0.3, -0.25) is 9.88 Å². The average molecular weight is 419 g/mol. The van der Waals surface area contributed by atoms with Gasteiger partial charge in [0.15, 0.2) is 0 Å². The number of likely N-dealkylation sites (N-methyl/N-ethyl adjacent to an activating group) is 1. The Morgan fingerprint density at radius 1 is 1.13 bits per heavy atom. The molecule has 1 atom stereocenters. The van der Waals surface area contributed by atoms with Crippen LogP contribution in [0.15, 0.2) is 36.5 Å². The zero-order valence-corrected chi connectivity index (χ0v) is 19.0. The summed E-state index contributed by atoms with van der Waals surface area (Å²) in [6.07, 6.45) is 5.47. The van der Waals surface area contributed by atoms with E-state index in [0.717, 1.165) is 62.4 Å². The van der Waals surface area contributed by atoms with E-state index in [0.29, 0.717) is 12.1 Å². The molecular formula is C25H34N6. The number of para-hydroxylation sites is 1. The zero-order valence-electron chi connectivity index (χ0n) is 19.0. The Hall–Kier alpha value is -2.44. The normalized spacial score (nSPS) is 20.0. The van der Waals surface area contributed by atoms with Crippen molar-refractivity contribution in [2.24, 2.45) is 0 Å². The number of anilines is 1. The van der Waals surface area contributed by atoms with Crippen molar-refractivity contribution < 1.29 is 0 Å². The number of benzene rings is 1. The monoisotopic (exact) mass is 418 g/mol. The van der Waals surface area contributed by atoms with Gasteiger partial charge in [0, 0.05) is 38.4 Å². The molecule has 5 rings (SSSR count). The van der Waals surface area contributed by atoms with E-state index in [4.69, 9.17) is 9.97 Å².